The molecule has 3 aliphatic heterocycles. The second kappa shape index (κ2) is 10.3. The van der Waals surface area contributed by atoms with Crippen LogP contribution in [-0.2, 0) is 16.0 Å². The van der Waals surface area contributed by atoms with Crippen LogP contribution < -0.4 is 14.8 Å². The van der Waals surface area contributed by atoms with Crippen LogP contribution in [0.25, 0.3) is 0 Å². The number of carbonyl (C=O) groups excluding carboxylic acids is 3. The first-order valence-corrected chi connectivity index (χ1v) is 12.8. The molecule has 196 valence electrons. The summed E-state index contributed by atoms with van der Waals surface area (Å²) >= 11 is 0. The molecule has 9 heteroatoms. The Kier molecular flexibility index (Phi) is 6.95. The van der Waals surface area contributed by atoms with Crippen molar-refractivity contribution in [1.29, 1.82) is 0 Å². The number of fused-ring (bicyclic) bond motifs is 4. The van der Waals surface area contributed by atoms with Crippen LogP contribution in [-0.4, -0.2) is 74.2 Å². The Morgan fingerprint density at radius 3 is 2.41 bits per heavy atom. The highest BCUT2D eigenvalue weighted by Gasteiger charge is 2.47. The Morgan fingerprint density at radius 1 is 1.00 bits per heavy atom. The highest BCUT2D eigenvalue weighted by molar-refractivity contribution is 6.01. The number of ether oxygens (including phenoxy) is 3. The molecule has 5 rings (SSSR count). The van der Waals surface area contributed by atoms with Gasteiger partial charge in [0.1, 0.15) is 0 Å². The van der Waals surface area contributed by atoms with Gasteiger partial charge in [0, 0.05) is 31.2 Å². The van der Waals surface area contributed by atoms with Gasteiger partial charge in [-0.3, -0.25) is 9.59 Å². The van der Waals surface area contributed by atoms with Gasteiger partial charge in [0.2, 0.25) is 5.91 Å². The quantitative estimate of drug-likeness (QED) is 0.667. The third-order valence-electron chi connectivity index (χ3n) is 7.67. The molecule has 3 heterocycles. The van der Waals surface area contributed by atoms with Crippen LogP contribution in [0.4, 0.5) is 4.79 Å². The third-order valence-corrected chi connectivity index (χ3v) is 7.67. The van der Waals surface area contributed by atoms with Crippen LogP contribution in [0.5, 0.6) is 11.5 Å². The fraction of sp³-hybridized carbons (Fsp3) is 0.464. The lowest BCUT2D eigenvalue weighted by Crippen LogP contribution is -2.52. The molecule has 0 aromatic heterocycles. The van der Waals surface area contributed by atoms with E-state index in [1.165, 1.54) is 0 Å². The van der Waals surface area contributed by atoms with Crippen molar-refractivity contribution >= 4 is 17.9 Å². The van der Waals surface area contributed by atoms with Crippen LogP contribution >= 0.6 is 0 Å². The first kappa shape index (κ1) is 24.9. The molecule has 2 atom stereocenters. The molecule has 37 heavy (non-hydrogen) atoms. The lowest BCUT2D eigenvalue weighted by Gasteiger charge is -2.45. The van der Waals surface area contributed by atoms with Crippen LogP contribution in [0, 0.1) is 0 Å². The maximum Gasteiger partial charge on any atom is 0.409 e. The molecule has 0 bridgehead atoms. The molecule has 3 aliphatic rings. The van der Waals surface area contributed by atoms with Crippen molar-refractivity contribution in [3.05, 3.63) is 58.7 Å². The number of rotatable bonds is 5. The van der Waals surface area contributed by atoms with E-state index < -0.39 is 12.0 Å². The van der Waals surface area contributed by atoms with Gasteiger partial charge in [-0.1, -0.05) is 18.2 Å². The highest BCUT2D eigenvalue weighted by Crippen LogP contribution is 2.48. The number of benzene rings is 2. The summed E-state index contributed by atoms with van der Waals surface area (Å²) in [6.45, 7) is 3.70. The Labute approximate surface area is 216 Å². The van der Waals surface area contributed by atoms with Crippen molar-refractivity contribution in [2.45, 2.75) is 44.2 Å². The summed E-state index contributed by atoms with van der Waals surface area (Å²) in [7, 11) is 3.18. The molecule has 0 radical (unpaired) electrons. The van der Waals surface area contributed by atoms with Gasteiger partial charge in [0.05, 0.1) is 32.8 Å². The molecular formula is C28H33N3O6. The minimum Gasteiger partial charge on any atom is -0.493 e. The van der Waals surface area contributed by atoms with Crippen molar-refractivity contribution in [1.82, 2.24) is 15.1 Å². The largest absolute Gasteiger partial charge is 0.493 e. The summed E-state index contributed by atoms with van der Waals surface area (Å²) in [4.78, 5) is 43.1. The van der Waals surface area contributed by atoms with Crippen molar-refractivity contribution < 1.29 is 28.6 Å². The van der Waals surface area contributed by atoms with E-state index in [0.717, 1.165) is 16.7 Å². The van der Waals surface area contributed by atoms with Gasteiger partial charge in [-0.2, -0.15) is 0 Å². The van der Waals surface area contributed by atoms with Crippen LogP contribution in [0.3, 0.4) is 0 Å². The van der Waals surface area contributed by atoms with Gasteiger partial charge in [-0.25, -0.2) is 4.79 Å². The fourth-order valence-corrected chi connectivity index (χ4v) is 5.85. The minimum absolute atomic E-state index is 0.0622. The van der Waals surface area contributed by atoms with Crippen molar-refractivity contribution in [2.75, 3.05) is 40.5 Å². The third kappa shape index (κ3) is 4.47. The zero-order valence-corrected chi connectivity index (χ0v) is 21.5. The summed E-state index contributed by atoms with van der Waals surface area (Å²) in [5.74, 6) is 0.445. The first-order chi connectivity index (χ1) is 18.0. The molecule has 0 aliphatic carbocycles. The molecule has 1 saturated heterocycles. The van der Waals surface area contributed by atoms with Gasteiger partial charge in [0.15, 0.2) is 11.5 Å². The summed E-state index contributed by atoms with van der Waals surface area (Å²) < 4.78 is 16.2. The monoisotopic (exact) mass is 507 g/mol. The predicted molar refractivity (Wildman–Crippen MR) is 136 cm³/mol. The number of hydrogen-bond acceptors (Lipinski definition) is 6. The van der Waals surface area contributed by atoms with Crippen LogP contribution in [0.15, 0.2) is 36.4 Å². The van der Waals surface area contributed by atoms with E-state index in [1.54, 1.807) is 32.1 Å². The van der Waals surface area contributed by atoms with Crippen molar-refractivity contribution in [3.63, 3.8) is 0 Å². The average Bonchev–Trinajstić information content (AvgIpc) is 2.92. The van der Waals surface area contributed by atoms with E-state index in [9.17, 15) is 14.4 Å². The maximum absolute atomic E-state index is 14.0. The first-order valence-electron chi connectivity index (χ1n) is 12.8. The number of amides is 3. The lowest BCUT2D eigenvalue weighted by molar-refractivity contribution is -0.125. The van der Waals surface area contributed by atoms with Gasteiger partial charge >= 0.3 is 6.09 Å². The molecule has 3 amide bonds. The molecule has 1 N–H and O–H groups in total. The second-order valence-electron chi connectivity index (χ2n) is 9.63. The Hall–Kier alpha value is -3.75. The zero-order valence-electron chi connectivity index (χ0n) is 21.5. The van der Waals surface area contributed by atoms with Gasteiger partial charge in [-0.15, -0.1) is 0 Å². The molecular weight excluding hydrogens is 474 g/mol. The Morgan fingerprint density at radius 2 is 1.70 bits per heavy atom. The molecule has 0 spiro atoms. The summed E-state index contributed by atoms with van der Waals surface area (Å²) in [5, 5.41) is 3.24. The van der Waals surface area contributed by atoms with Gasteiger partial charge in [0.25, 0.3) is 5.91 Å². The number of hydrogen-bond donors (Lipinski definition) is 1. The molecule has 2 aromatic rings. The summed E-state index contributed by atoms with van der Waals surface area (Å²) in [5.41, 5.74) is 3.26. The number of piperidine rings is 1. The minimum atomic E-state index is -0.575. The summed E-state index contributed by atoms with van der Waals surface area (Å²) in [6, 6.07) is 10.7. The standard InChI is InChI=1S/C28H33N3O6/c1-4-37-28(34)30-12-10-18(11-13-30)29-26(32)24-19-7-5-6-8-20(19)27(33)31-14-9-17-15-22(35-2)23(36-3)16-21(17)25(24)31/h5-8,15-16,18,24-25H,4,9-14H2,1-3H3,(H,29,32)/t24-,25-/m0/s1. The van der Waals surface area contributed by atoms with Gasteiger partial charge in [-0.05, 0) is 61.1 Å². The van der Waals surface area contributed by atoms with Crippen LogP contribution in [0.1, 0.15) is 58.8 Å². The molecule has 2 aromatic carbocycles. The van der Waals surface area contributed by atoms with Crippen molar-refractivity contribution in [3.8, 4) is 11.5 Å². The van der Waals surface area contributed by atoms with Gasteiger partial charge < -0.3 is 29.3 Å². The Balaban J connectivity index is 1.47. The predicted octanol–water partition coefficient (Wildman–Crippen LogP) is 3.28. The molecule has 0 unspecified atom stereocenters. The number of methoxy groups -OCH3 is 2. The SMILES string of the molecule is CCOC(=O)N1CCC(NC(=O)[C@H]2c3ccccc3C(=O)N3CCc4cc(OC)c(OC)cc4[C@@H]23)CC1. The highest BCUT2D eigenvalue weighted by atomic mass is 16.6. The number of likely N-dealkylation sites (tertiary alicyclic amines) is 1. The fourth-order valence-electron chi connectivity index (χ4n) is 5.85. The summed E-state index contributed by atoms with van der Waals surface area (Å²) in [6.07, 6.45) is 1.65. The van der Waals surface area contributed by atoms with E-state index in [0.29, 0.717) is 62.6 Å². The number of carbonyl (C=O) groups is 3. The van der Waals surface area contributed by atoms with E-state index in [1.807, 2.05) is 35.2 Å². The van der Waals surface area contributed by atoms with E-state index in [4.69, 9.17) is 14.2 Å². The zero-order chi connectivity index (χ0) is 26.1. The molecule has 0 saturated carbocycles. The smallest absolute Gasteiger partial charge is 0.409 e. The van der Waals surface area contributed by atoms with Crippen LogP contribution in [0.2, 0.25) is 0 Å². The van der Waals surface area contributed by atoms with E-state index in [2.05, 4.69) is 5.32 Å². The van der Waals surface area contributed by atoms with E-state index >= 15 is 0 Å². The van der Waals surface area contributed by atoms with E-state index in [-0.39, 0.29) is 23.9 Å². The average molecular weight is 508 g/mol. The molecule has 1 fully saturated rings. The number of nitrogens with one attached hydrogen (secondary N) is 1. The molecule has 9 nitrogen and oxygen atoms in total. The number of nitrogens with zero attached hydrogens (tertiary/aromatic N) is 2. The maximum atomic E-state index is 14.0. The lowest BCUT2D eigenvalue weighted by atomic mass is 9.75. The normalized spacial score (nSPS) is 20.9. The second-order valence-corrected chi connectivity index (χ2v) is 9.63. The Bertz CT molecular complexity index is 1210. The topological polar surface area (TPSA) is 97.4 Å². The van der Waals surface area contributed by atoms with Crippen molar-refractivity contribution in [2.24, 2.45) is 0 Å².